The number of nitrogens with one attached hydrogen (secondary N) is 3. The van der Waals surface area contributed by atoms with Gasteiger partial charge in [0.05, 0.1) is 20.3 Å². The zero-order valence-electron chi connectivity index (χ0n) is 18.5. The topological polar surface area (TPSA) is 109 Å². The van der Waals surface area contributed by atoms with Crippen LogP contribution >= 0.6 is 0 Å². The minimum Gasteiger partial charge on any atom is -0.497 e. The monoisotopic (exact) mass is 452 g/mol. The first-order chi connectivity index (χ1) is 16.0. The molecular weight excluding hydrogens is 424 g/mol. The van der Waals surface area contributed by atoms with E-state index in [4.69, 9.17) is 9.47 Å². The predicted molar refractivity (Wildman–Crippen MR) is 123 cm³/mol. The van der Waals surface area contributed by atoms with Crippen molar-refractivity contribution in [3.63, 3.8) is 0 Å². The fraction of sp³-hybridized carbons (Fsp3) is 0.292. The number of morpholine rings is 1. The summed E-state index contributed by atoms with van der Waals surface area (Å²) in [7, 11) is 1.56. The third-order valence-electron chi connectivity index (χ3n) is 5.03. The van der Waals surface area contributed by atoms with E-state index in [0.29, 0.717) is 36.6 Å². The Labute approximate surface area is 192 Å². The number of hydrazine groups is 1. The number of carbonyl (C=O) groups is 3. The van der Waals surface area contributed by atoms with Gasteiger partial charge in [-0.05, 0) is 35.9 Å². The highest BCUT2D eigenvalue weighted by Crippen LogP contribution is 2.14. The molecule has 1 aliphatic rings. The van der Waals surface area contributed by atoms with E-state index in [1.165, 1.54) is 6.08 Å². The van der Waals surface area contributed by atoms with Gasteiger partial charge in [0.1, 0.15) is 11.4 Å². The molecule has 174 valence electrons. The van der Waals surface area contributed by atoms with Crippen LogP contribution in [0.15, 0.2) is 60.3 Å². The van der Waals surface area contributed by atoms with Crippen molar-refractivity contribution >= 4 is 23.8 Å². The molecule has 0 unspecified atom stereocenters. The van der Waals surface area contributed by atoms with Gasteiger partial charge >= 0.3 is 0 Å². The molecule has 3 N–H and O–H groups in total. The maximum absolute atomic E-state index is 12.8. The molecule has 1 heterocycles. The van der Waals surface area contributed by atoms with Crippen LogP contribution in [0.1, 0.15) is 22.3 Å². The molecule has 0 radical (unpaired) electrons. The number of benzene rings is 2. The van der Waals surface area contributed by atoms with Crippen molar-refractivity contribution in [1.29, 1.82) is 0 Å². The fourth-order valence-electron chi connectivity index (χ4n) is 3.15. The van der Waals surface area contributed by atoms with Crippen LogP contribution < -0.4 is 20.9 Å². The normalized spacial score (nSPS) is 14.3. The molecule has 0 atom stereocenters. The standard InChI is InChI=1S/C24H28N4O5/c1-32-20-9-7-18(8-10-20)17-21(25-23(30)19-5-3-2-4-6-19)24(31)27-26-22(29)11-12-28-13-15-33-16-14-28/h2-10,17H,11-16H2,1H3,(H,25,30)(H,26,29)(H,27,31)/b21-17-. The molecule has 1 fully saturated rings. The molecule has 3 amide bonds. The highest BCUT2D eigenvalue weighted by Gasteiger charge is 2.16. The molecule has 0 aliphatic carbocycles. The van der Waals surface area contributed by atoms with Crippen LogP contribution in [-0.2, 0) is 14.3 Å². The number of nitrogens with zero attached hydrogens (tertiary/aromatic N) is 1. The van der Waals surface area contributed by atoms with Gasteiger partial charge in [-0.3, -0.25) is 30.1 Å². The maximum Gasteiger partial charge on any atom is 0.286 e. The number of amides is 3. The van der Waals surface area contributed by atoms with Gasteiger partial charge in [-0.2, -0.15) is 0 Å². The van der Waals surface area contributed by atoms with Crippen LogP contribution in [0.3, 0.4) is 0 Å². The Morgan fingerprint density at radius 3 is 2.36 bits per heavy atom. The highest BCUT2D eigenvalue weighted by atomic mass is 16.5. The third-order valence-corrected chi connectivity index (χ3v) is 5.03. The highest BCUT2D eigenvalue weighted by molar-refractivity contribution is 6.05. The second kappa shape index (κ2) is 12.4. The van der Waals surface area contributed by atoms with Crippen LogP contribution in [0, 0.1) is 0 Å². The van der Waals surface area contributed by atoms with Gasteiger partial charge in [-0.1, -0.05) is 30.3 Å². The zero-order valence-corrected chi connectivity index (χ0v) is 18.5. The summed E-state index contributed by atoms with van der Waals surface area (Å²) in [5.74, 6) is -0.744. The summed E-state index contributed by atoms with van der Waals surface area (Å²) in [6, 6.07) is 15.5. The first-order valence-corrected chi connectivity index (χ1v) is 10.7. The SMILES string of the molecule is COc1ccc(/C=C(\NC(=O)c2ccccc2)C(=O)NNC(=O)CCN2CCOCC2)cc1. The smallest absolute Gasteiger partial charge is 0.286 e. The van der Waals surface area contributed by atoms with Crippen LogP contribution in [-0.4, -0.2) is 62.6 Å². The van der Waals surface area contributed by atoms with Crippen molar-refractivity contribution in [2.24, 2.45) is 0 Å². The molecule has 2 aromatic carbocycles. The largest absolute Gasteiger partial charge is 0.497 e. The van der Waals surface area contributed by atoms with Crippen molar-refractivity contribution in [2.75, 3.05) is 40.0 Å². The van der Waals surface area contributed by atoms with Crippen molar-refractivity contribution in [1.82, 2.24) is 21.1 Å². The average Bonchev–Trinajstić information content (AvgIpc) is 2.87. The molecular formula is C24H28N4O5. The Hall–Kier alpha value is -3.69. The van der Waals surface area contributed by atoms with E-state index in [0.717, 1.165) is 13.1 Å². The minimum atomic E-state index is -0.644. The Bertz CT molecular complexity index is 970. The van der Waals surface area contributed by atoms with E-state index in [1.807, 2.05) is 0 Å². The quantitative estimate of drug-likeness (QED) is 0.412. The Morgan fingerprint density at radius 2 is 1.70 bits per heavy atom. The van der Waals surface area contributed by atoms with Gasteiger partial charge in [0.15, 0.2) is 0 Å². The Morgan fingerprint density at radius 1 is 1.00 bits per heavy atom. The lowest BCUT2D eigenvalue weighted by Gasteiger charge is -2.26. The summed E-state index contributed by atoms with van der Waals surface area (Å²) >= 11 is 0. The third kappa shape index (κ3) is 7.74. The molecule has 33 heavy (non-hydrogen) atoms. The zero-order chi connectivity index (χ0) is 23.5. The van der Waals surface area contributed by atoms with E-state index in [1.54, 1.807) is 61.7 Å². The van der Waals surface area contributed by atoms with E-state index in [2.05, 4.69) is 21.1 Å². The molecule has 0 saturated carbocycles. The lowest BCUT2D eigenvalue weighted by molar-refractivity contribution is -0.127. The predicted octanol–water partition coefficient (Wildman–Crippen LogP) is 1.34. The number of rotatable bonds is 8. The van der Waals surface area contributed by atoms with Gasteiger partial charge in [-0.15, -0.1) is 0 Å². The lowest BCUT2D eigenvalue weighted by atomic mass is 10.1. The lowest BCUT2D eigenvalue weighted by Crippen LogP contribution is -2.46. The molecule has 0 aromatic heterocycles. The molecule has 3 rings (SSSR count). The van der Waals surface area contributed by atoms with E-state index < -0.39 is 11.8 Å². The number of hydrogen-bond donors (Lipinski definition) is 3. The second-order valence-corrected chi connectivity index (χ2v) is 7.36. The summed E-state index contributed by atoms with van der Waals surface area (Å²) < 4.78 is 10.4. The van der Waals surface area contributed by atoms with Crippen LogP contribution in [0.4, 0.5) is 0 Å². The van der Waals surface area contributed by atoms with Crippen LogP contribution in [0.25, 0.3) is 6.08 Å². The average molecular weight is 453 g/mol. The number of methoxy groups -OCH3 is 1. The Kier molecular flexibility index (Phi) is 8.98. The van der Waals surface area contributed by atoms with E-state index in [-0.39, 0.29) is 18.0 Å². The first kappa shape index (κ1) is 24.0. The number of carbonyl (C=O) groups excluding carboxylic acids is 3. The van der Waals surface area contributed by atoms with Crippen molar-refractivity contribution < 1.29 is 23.9 Å². The molecule has 9 heteroatoms. The molecule has 0 bridgehead atoms. The van der Waals surface area contributed by atoms with Crippen LogP contribution in [0.5, 0.6) is 5.75 Å². The van der Waals surface area contributed by atoms with Gasteiger partial charge in [-0.25, -0.2) is 0 Å². The minimum absolute atomic E-state index is 0.0116. The van der Waals surface area contributed by atoms with E-state index in [9.17, 15) is 14.4 Å². The second-order valence-electron chi connectivity index (χ2n) is 7.36. The summed E-state index contributed by atoms with van der Waals surface area (Å²) in [5.41, 5.74) is 5.86. The molecule has 9 nitrogen and oxygen atoms in total. The van der Waals surface area contributed by atoms with Crippen LogP contribution in [0.2, 0.25) is 0 Å². The summed E-state index contributed by atoms with van der Waals surface area (Å²) in [5, 5.41) is 2.62. The summed E-state index contributed by atoms with van der Waals surface area (Å²) in [6.45, 7) is 3.43. The molecule has 0 spiro atoms. The van der Waals surface area contributed by atoms with Crippen molar-refractivity contribution in [3.05, 3.63) is 71.4 Å². The summed E-state index contributed by atoms with van der Waals surface area (Å²) in [4.78, 5) is 39.7. The van der Waals surface area contributed by atoms with Gasteiger partial charge in [0, 0.05) is 31.6 Å². The van der Waals surface area contributed by atoms with Crippen molar-refractivity contribution in [2.45, 2.75) is 6.42 Å². The van der Waals surface area contributed by atoms with Crippen molar-refractivity contribution in [3.8, 4) is 5.75 Å². The van der Waals surface area contributed by atoms with Gasteiger partial charge < -0.3 is 14.8 Å². The molecule has 1 saturated heterocycles. The fourth-order valence-corrected chi connectivity index (χ4v) is 3.15. The van der Waals surface area contributed by atoms with Gasteiger partial charge in [0.2, 0.25) is 5.91 Å². The number of ether oxygens (including phenoxy) is 2. The maximum atomic E-state index is 12.8. The number of hydrogen-bond acceptors (Lipinski definition) is 6. The molecule has 2 aromatic rings. The van der Waals surface area contributed by atoms with E-state index >= 15 is 0 Å². The Balaban J connectivity index is 1.63. The summed E-state index contributed by atoms with van der Waals surface area (Å²) in [6.07, 6.45) is 1.75. The van der Waals surface area contributed by atoms with Gasteiger partial charge in [0.25, 0.3) is 11.8 Å². The molecule has 1 aliphatic heterocycles. The first-order valence-electron chi connectivity index (χ1n) is 10.7.